The predicted octanol–water partition coefficient (Wildman–Crippen LogP) is 6.99. The summed E-state index contributed by atoms with van der Waals surface area (Å²) < 4.78 is 6.00. The summed E-state index contributed by atoms with van der Waals surface area (Å²) in [6, 6.07) is 23.4. The minimum absolute atomic E-state index is 0.128. The zero-order valence-electron chi connectivity index (χ0n) is 18.2. The molecule has 0 aromatic heterocycles. The molecule has 4 rings (SSSR count). The number of phenols is 3. The topological polar surface area (TPSA) is 73.2 Å². The Kier molecular flexibility index (Phi) is 5.65. The molecule has 0 atom stereocenters. The van der Waals surface area contributed by atoms with Gasteiger partial charge in [-0.2, -0.15) is 0 Å². The molecule has 4 aromatic rings. The van der Waals surface area contributed by atoms with Crippen molar-refractivity contribution in [1.82, 2.24) is 0 Å². The lowest BCUT2D eigenvalue weighted by Crippen LogP contribution is -2.11. The summed E-state index contributed by atoms with van der Waals surface area (Å²) in [6.07, 6.45) is 0. The maximum atomic E-state index is 10.8. The highest BCUT2D eigenvalue weighted by Gasteiger charge is 2.21. The van der Waals surface area contributed by atoms with Crippen LogP contribution in [0.4, 0.5) is 17.1 Å². The normalized spacial score (nSPS) is 10.7. The first-order chi connectivity index (χ1) is 15.3. The van der Waals surface area contributed by atoms with Crippen molar-refractivity contribution >= 4 is 17.1 Å². The second-order valence-electron chi connectivity index (χ2n) is 7.82. The van der Waals surface area contributed by atoms with E-state index >= 15 is 0 Å². The first kappa shape index (κ1) is 21.1. The molecular formula is C27H25NO4. The van der Waals surface area contributed by atoms with Crippen LogP contribution in [0, 0.1) is 20.8 Å². The van der Waals surface area contributed by atoms with Crippen molar-refractivity contribution in [2.45, 2.75) is 20.8 Å². The van der Waals surface area contributed by atoms with E-state index in [4.69, 9.17) is 4.74 Å². The van der Waals surface area contributed by atoms with Crippen LogP contribution in [-0.4, -0.2) is 15.3 Å². The Balaban J connectivity index is 1.84. The van der Waals surface area contributed by atoms with Crippen LogP contribution in [0.5, 0.6) is 28.7 Å². The number of para-hydroxylation sites is 2. The second-order valence-corrected chi connectivity index (χ2v) is 7.82. The maximum absolute atomic E-state index is 10.8. The number of phenolic OH excluding ortho intramolecular Hbond substituents is 3. The van der Waals surface area contributed by atoms with Gasteiger partial charge in [0, 0.05) is 12.1 Å². The van der Waals surface area contributed by atoms with Crippen LogP contribution in [0.15, 0.2) is 78.9 Å². The number of aromatic hydroxyl groups is 3. The Labute approximate surface area is 187 Å². The van der Waals surface area contributed by atoms with Crippen LogP contribution in [0.25, 0.3) is 0 Å². The summed E-state index contributed by atoms with van der Waals surface area (Å²) in [5.74, 6) is 1.46. The largest absolute Gasteiger partial charge is 0.508 e. The molecule has 4 aromatic carbocycles. The standard InChI is InChI=1S/C27H25NO4/c1-17-13-21(29)16-23(14-17)32-22-10-6-9-20(15-22)28(24-11-4-7-18(2)26(24)30)25-12-5-8-19(3)27(25)31/h4-16,29-31H,1-3H3. The van der Waals surface area contributed by atoms with Gasteiger partial charge in [-0.15, -0.1) is 0 Å². The summed E-state index contributed by atoms with van der Waals surface area (Å²) in [5.41, 5.74) is 4.10. The van der Waals surface area contributed by atoms with Gasteiger partial charge in [0.15, 0.2) is 0 Å². The van der Waals surface area contributed by atoms with Crippen LogP contribution in [-0.2, 0) is 0 Å². The molecule has 0 unspecified atom stereocenters. The molecule has 0 heterocycles. The summed E-state index contributed by atoms with van der Waals surface area (Å²) >= 11 is 0. The molecule has 0 saturated heterocycles. The van der Waals surface area contributed by atoms with E-state index in [9.17, 15) is 15.3 Å². The van der Waals surface area contributed by atoms with Crippen LogP contribution in [0.3, 0.4) is 0 Å². The smallest absolute Gasteiger partial charge is 0.142 e. The highest BCUT2D eigenvalue weighted by Crippen LogP contribution is 2.45. The summed E-state index contributed by atoms with van der Waals surface area (Å²) in [7, 11) is 0. The van der Waals surface area contributed by atoms with Gasteiger partial charge in [0.05, 0.1) is 17.1 Å². The Morgan fingerprint density at radius 1 is 0.625 bits per heavy atom. The number of hydrogen-bond donors (Lipinski definition) is 3. The Morgan fingerprint density at radius 3 is 1.81 bits per heavy atom. The van der Waals surface area contributed by atoms with E-state index in [1.54, 1.807) is 29.2 Å². The monoisotopic (exact) mass is 427 g/mol. The van der Waals surface area contributed by atoms with Gasteiger partial charge in [-0.1, -0.05) is 30.3 Å². The molecule has 32 heavy (non-hydrogen) atoms. The predicted molar refractivity (Wildman–Crippen MR) is 127 cm³/mol. The molecule has 0 bridgehead atoms. The minimum Gasteiger partial charge on any atom is -0.508 e. The van der Waals surface area contributed by atoms with E-state index in [2.05, 4.69) is 0 Å². The summed E-state index contributed by atoms with van der Waals surface area (Å²) in [6.45, 7) is 5.54. The molecule has 0 saturated carbocycles. The van der Waals surface area contributed by atoms with E-state index in [1.807, 2.05) is 75.4 Å². The number of aryl methyl sites for hydroxylation is 3. The van der Waals surface area contributed by atoms with Crippen LogP contribution >= 0.6 is 0 Å². The van der Waals surface area contributed by atoms with E-state index in [0.29, 0.717) is 28.6 Å². The van der Waals surface area contributed by atoms with Crippen molar-refractivity contribution in [2.75, 3.05) is 4.90 Å². The van der Waals surface area contributed by atoms with E-state index in [0.717, 1.165) is 16.7 Å². The van der Waals surface area contributed by atoms with Crippen LogP contribution < -0.4 is 9.64 Å². The van der Waals surface area contributed by atoms with Crippen molar-refractivity contribution in [3.8, 4) is 28.7 Å². The van der Waals surface area contributed by atoms with E-state index < -0.39 is 0 Å². The van der Waals surface area contributed by atoms with Gasteiger partial charge < -0.3 is 25.0 Å². The van der Waals surface area contributed by atoms with E-state index in [-0.39, 0.29) is 17.2 Å². The van der Waals surface area contributed by atoms with Crippen molar-refractivity contribution in [2.24, 2.45) is 0 Å². The van der Waals surface area contributed by atoms with Gasteiger partial charge in [-0.3, -0.25) is 0 Å². The highest BCUT2D eigenvalue weighted by molar-refractivity contribution is 5.84. The molecule has 0 fully saturated rings. The van der Waals surface area contributed by atoms with E-state index in [1.165, 1.54) is 0 Å². The molecule has 162 valence electrons. The van der Waals surface area contributed by atoms with Gasteiger partial charge in [-0.05, 0) is 73.9 Å². The Morgan fingerprint density at radius 2 is 1.22 bits per heavy atom. The highest BCUT2D eigenvalue weighted by atomic mass is 16.5. The molecule has 5 nitrogen and oxygen atoms in total. The fourth-order valence-electron chi connectivity index (χ4n) is 3.67. The lowest BCUT2D eigenvalue weighted by atomic mass is 10.1. The molecule has 0 aliphatic heterocycles. The lowest BCUT2D eigenvalue weighted by molar-refractivity contribution is 0.454. The number of nitrogens with zero attached hydrogens (tertiary/aromatic N) is 1. The molecule has 0 spiro atoms. The van der Waals surface area contributed by atoms with Crippen LogP contribution in [0.1, 0.15) is 16.7 Å². The number of benzene rings is 4. The Hall–Kier alpha value is -4.12. The molecule has 0 radical (unpaired) electrons. The molecule has 0 aliphatic rings. The van der Waals surface area contributed by atoms with Crippen molar-refractivity contribution < 1.29 is 20.1 Å². The first-order valence-electron chi connectivity index (χ1n) is 10.3. The fraction of sp³-hybridized carbons (Fsp3) is 0.111. The fourth-order valence-corrected chi connectivity index (χ4v) is 3.67. The summed E-state index contributed by atoms with van der Waals surface area (Å²) in [4.78, 5) is 1.80. The molecule has 3 N–H and O–H groups in total. The quantitative estimate of drug-likeness (QED) is 0.320. The van der Waals surface area contributed by atoms with Crippen molar-refractivity contribution in [3.05, 3.63) is 95.6 Å². The number of ether oxygens (including phenoxy) is 1. The number of anilines is 3. The third-order valence-electron chi connectivity index (χ3n) is 5.26. The van der Waals surface area contributed by atoms with Crippen LogP contribution in [0.2, 0.25) is 0 Å². The third-order valence-corrected chi connectivity index (χ3v) is 5.26. The molecule has 0 aliphatic carbocycles. The van der Waals surface area contributed by atoms with Crippen molar-refractivity contribution in [3.63, 3.8) is 0 Å². The molecular weight excluding hydrogens is 402 g/mol. The van der Waals surface area contributed by atoms with Gasteiger partial charge in [0.25, 0.3) is 0 Å². The maximum Gasteiger partial charge on any atom is 0.142 e. The first-order valence-corrected chi connectivity index (χ1v) is 10.3. The average Bonchev–Trinajstić information content (AvgIpc) is 2.74. The second kappa shape index (κ2) is 8.55. The lowest BCUT2D eigenvalue weighted by Gasteiger charge is -2.28. The SMILES string of the molecule is Cc1cc(O)cc(Oc2cccc(N(c3cccc(C)c3O)c3cccc(C)c3O)c2)c1. The molecule has 5 heteroatoms. The molecule has 0 amide bonds. The van der Waals surface area contributed by atoms with Gasteiger partial charge in [0.2, 0.25) is 0 Å². The zero-order chi connectivity index (χ0) is 22.8. The summed E-state index contributed by atoms with van der Waals surface area (Å²) in [5, 5.41) is 31.5. The average molecular weight is 428 g/mol. The number of rotatable bonds is 5. The zero-order valence-corrected chi connectivity index (χ0v) is 18.2. The third kappa shape index (κ3) is 4.18. The Bertz CT molecular complexity index is 1210. The van der Waals surface area contributed by atoms with Gasteiger partial charge >= 0.3 is 0 Å². The van der Waals surface area contributed by atoms with Crippen molar-refractivity contribution in [1.29, 1.82) is 0 Å². The van der Waals surface area contributed by atoms with Gasteiger partial charge in [-0.25, -0.2) is 0 Å². The van der Waals surface area contributed by atoms with Gasteiger partial charge in [0.1, 0.15) is 28.7 Å². The number of hydrogen-bond acceptors (Lipinski definition) is 5. The minimum atomic E-state index is 0.128.